The predicted octanol–water partition coefficient (Wildman–Crippen LogP) is 4.47. The van der Waals surface area contributed by atoms with E-state index in [0.29, 0.717) is 17.3 Å². The van der Waals surface area contributed by atoms with Crippen LogP contribution in [0.3, 0.4) is 0 Å². The van der Waals surface area contributed by atoms with Crippen LogP contribution in [0, 0.1) is 12.7 Å². The molecule has 1 heterocycles. The highest BCUT2D eigenvalue weighted by Gasteiger charge is 2.09. The monoisotopic (exact) mass is 295 g/mol. The van der Waals surface area contributed by atoms with Gasteiger partial charge in [0.2, 0.25) is 0 Å². The number of halogens is 2. The number of nitrogens with zero attached hydrogens (tertiary/aromatic N) is 1. The van der Waals surface area contributed by atoms with E-state index in [1.165, 1.54) is 6.07 Å². The molecule has 0 saturated heterocycles. The van der Waals surface area contributed by atoms with Crippen LogP contribution in [0.2, 0.25) is 5.15 Å². The first-order chi connectivity index (χ1) is 9.61. The maximum absolute atomic E-state index is 13.4. The number of aromatic amines is 1. The summed E-state index contributed by atoms with van der Waals surface area (Å²) in [7, 11) is 0. The van der Waals surface area contributed by atoms with Gasteiger partial charge < -0.3 is 10.3 Å². The van der Waals surface area contributed by atoms with E-state index >= 15 is 0 Å². The Morgan fingerprint density at radius 2 is 2.20 bits per heavy atom. The van der Waals surface area contributed by atoms with Crippen molar-refractivity contribution in [3.8, 4) is 0 Å². The first-order valence-corrected chi connectivity index (χ1v) is 7.21. The fourth-order valence-corrected chi connectivity index (χ4v) is 2.22. The smallest absolute Gasteiger partial charge is 0.152 e. The Morgan fingerprint density at radius 1 is 1.40 bits per heavy atom. The number of hydrogen-bond acceptors (Lipinski definition) is 2. The molecule has 1 aromatic heterocycles. The van der Waals surface area contributed by atoms with Crippen LogP contribution < -0.4 is 5.32 Å². The number of nitrogens with one attached hydrogen (secondary N) is 2. The molecule has 20 heavy (non-hydrogen) atoms. The lowest BCUT2D eigenvalue weighted by atomic mass is 10.2. The molecule has 108 valence electrons. The Labute approximate surface area is 123 Å². The number of anilines is 1. The minimum Gasteiger partial charge on any atom is -0.379 e. The fraction of sp³-hybridized carbons (Fsp3) is 0.400. The summed E-state index contributed by atoms with van der Waals surface area (Å²) in [6.45, 7) is 4.39. The minimum absolute atomic E-state index is 0.214. The van der Waals surface area contributed by atoms with Gasteiger partial charge >= 0.3 is 0 Å². The molecule has 3 nitrogen and oxygen atoms in total. The van der Waals surface area contributed by atoms with Crippen LogP contribution >= 0.6 is 11.6 Å². The lowest BCUT2D eigenvalue weighted by Crippen LogP contribution is -2.03. The van der Waals surface area contributed by atoms with Gasteiger partial charge in [0.1, 0.15) is 11.6 Å². The molecule has 0 unspecified atom stereocenters. The van der Waals surface area contributed by atoms with Gasteiger partial charge in [0, 0.05) is 17.7 Å². The zero-order chi connectivity index (χ0) is 14.5. The molecule has 0 atom stereocenters. The highest BCUT2D eigenvalue weighted by Crippen LogP contribution is 2.20. The average molecular weight is 296 g/mol. The van der Waals surface area contributed by atoms with E-state index in [4.69, 9.17) is 11.6 Å². The van der Waals surface area contributed by atoms with E-state index in [9.17, 15) is 4.39 Å². The van der Waals surface area contributed by atoms with Crippen LogP contribution in [0.25, 0.3) is 0 Å². The summed E-state index contributed by atoms with van der Waals surface area (Å²) in [6, 6.07) is 4.99. The van der Waals surface area contributed by atoms with Crippen LogP contribution in [0.5, 0.6) is 0 Å². The van der Waals surface area contributed by atoms with Gasteiger partial charge in [0.15, 0.2) is 5.15 Å². The van der Waals surface area contributed by atoms with E-state index in [1.54, 1.807) is 13.0 Å². The number of rotatable bonds is 6. The summed E-state index contributed by atoms with van der Waals surface area (Å²) in [5.74, 6) is 0.693. The number of aryl methyl sites for hydroxylation is 1. The topological polar surface area (TPSA) is 40.7 Å². The first kappa shape index (κ1) is 14.9. The van der Waals surface area contributed by atoms with Gasteiger partial charge in [-0.25, -0.2) is 9.37 Å². The van der Waals surface area contributed by atoms with Crippen molar-refractivity contribution >= 4 is 17.3 Å². The van der Waals surface area contributed by atoms with Crippen LogP contribution in [0.15, 0.2) is 18.2 Å². The summed E-state index contributed by atoms with van der Waals surface area (Å²) in [5, 5.41) is 3.67. The Kier molecular flexibility index (Phi) is 5.01. The van der Waals surface area contributed by atoms with Crippen molar-refractivity contribution in [2.24, 2.45) is 0 Å². The third-order valence-electron chi connectivity index (χ3n) is 3.27. The molecule has 1 aromatic carbocycles. The van der Waals surface area contributed by atoms with Crippen molar-refractivity contribution in [1.29, 1.82) is 0 Å². The van der Waals surface area contributed by atoms with Gasteiger partial charge in [-0.15, -0.1) is 0 Å². The minimum atomic E-state index is -0.214. The van der Waals surface area contributed by atoms with Gasteiger partial charge in [0.05, 0.1) is 12.2 Å². The molecule has 0 aliphatic rings. The number of unbranched alkanes of at least 4 members (excludes halogenated alkanes) is 1. The summed E-state index contributed by atoms with van der Waals surface area (Å²) >= 11 is 6.10. The van der Waals surface area contributed by atoms with Crippen molar-refractivity contribution < 1.29 is 4.39 Å². The first-order valence-electron chi connectivity index (χ1n) is 6.84. The molecule has 2 rings (SSSR count). The van der Waals surface area contributed by atoms with Gasteiger partial charge in [-0.05, 0) is 25.5 Å². The van der Waals surface area contributed by atoms with Crippen LogP contribution in [-0.2, 0) is 13.0 Å². The Bertz CT molecular complexity index is 580. The number of benzene rings is 1. The number of H-pyrrole nitrogens is 1. The zero-order valence-corrected chi connectivity index (χ0v) is 12.5. The molecule has 2 N–H and O–H groups in total. The summed E-state index contributed by atoms with van der Waals surface area (Å²) in [5.41, 5.74) is 2.21. The molecule has 0 radical (unpaired) electrons. The van der Waals surface area contributed by atoms with Crippen molar-refractivity contribution in [3.05, 3.63) is 46.3 Å². The van der Waals surface area contributed by atoms with Gasteiger partial charge in [-0.3, -0.25) is 0 Å². The lowest BCUT2D eigenvalue weighted by Gasteiger charge is -2.09. The molecule has 5 heteroatoms. The van der Waals surface area contributed by atoms with Crippen molar-refractivity contribution in [2.45, 2.75) is 39.7 Å². The molecule has 2 aromatic rings. The van der Waals surface area contributed by atoms with Crippen LogP contribution in [0.4, 0.5) is 10.1 Å². The molecule has 0 spiro atoms. The largest absolute Gasteiger partial charge is 0.379 e. The second-order valence-electron chi connectivity index (χ2n) is 4.82. The maximum atomic E-state index is 13.4. The molecule has 0 bridgehead atoms. The molecule has 0 fully saturated rings. The number of imidazole rings is 1. The van der Waals surface area contributed by atoms with Crippen LogP contribution in [-0.4, -0.2) is 9.97 Å². The van der Waals surface area contributed by atoms with E-state index in [2.05, 4.69) is 22.2 Å². The van der Waals surface area contributed by atoms with E-state index in [1.807, 2.05) is 6.07 Å². The molecule has 0 saturated carbocycles. The van der Waals surface area contributed by atoms with Crippen molar-refractivity contribution in [2.75, 3.05) is 5.32 Å². The van der Waals surface area contributed by atoms with Gasteiger partial charge in [-0.2, -0.15) is 0 Å². The quantitative estimate of drug-likeness (QED) is 0.826. The normalized spacial score (nSPS) is 10.8. The summed E-state index contributed by atoms with van der Waals surface area (Å²) < 4.78 is 13.4. The van der Waals surface area contributed by atoms with E-state index < -0.39 is 0 Å². The highest BCUT2D eigenvalue weighted by atomic mass is 35.5. The molecule has 0 aliphatic carbocycles. The standard InChI is InChI=1S/C15H19ClFN3/c1-3-4-8-14-19-13(15(16)20-14)9-18-12-7-5-6-11(17)10(12)2/h5-7,18H,3-4,8-9H2,1-2H3,(H,19,20). The molecule has 0 amide bonds. The van der Waals surface area contributed by atoms with Crippen molar-refractivity contribution in [3.63, 3.8) is 0 Å². The molecular formula is C15H19ClFN3. The number of hydrogen-bond donors (Lipinski definition) is 2. The summed E-state index contributed by atoms with van der Waals surface area (Å²) in [4.78, 5) is 7.52. The Balaban J connectivity index is 2.03. The molecular weight excluding hydrogens is 277 g/mol. The second kappa shape index (κ2) is 6.75. The van der Waals surface area contributed by atoms with Gasteiger partial charge in [-0.1, -0.05) is 31.0 Å². The third-order valence-corrected chi connectivity index (χ3v) is 3.58. The fourth-order valence-electron chi connectivity index (χ4n) is 2.00. The van der Waals surface area contributed by atoms with Gasteiger partial charge in [0.25, 0.3) is 0 Å². The highest BCUT2D eigenvalue weighted by molar-refractivity contribution is 6.30. The Hall–Kier alpha value is -1.55. The average Bonchev–Trinajstić information content (AvgIpc) is 2.79. The molecule has 0 aliphatic heterocycles. The zero-order valence-electron chi connectivity index (χ0n) is 11.8. The second-order valence-corrected chi connectivity index (χ2v) is 5.18. The lowest BCUT2D eigenvalue weighted by molar-refractivity contribution is 0.619. The predicted molar refractivity (Wildman–Crippen MR) is 80.7 cm³/mol. The third kappa shape index (κ3) is 3.51. The van der Waals surface area contributed by atoms with E-state index in [-0.39, 0.29) is 5.82 Å². The Morgan fingerprint density at radius 3 is 2.95 bits per heavy atom. The van der Waals surface area contributed by atoms with Crippen LogP contribution in [0.1, 0.15) is 36.8 Å². The van der Waals surface area contributed by atoms with Crippen molar-refractivity contribution in [1.82, 2.24) is 9.97 Å². The maximum Gasteiger partial charge on any atom is 0.152 e. The van der Waals surface area contributed by atoms with E-state index in [0.717, 1.165) is 36.5 Å². The number of aromatic nitrogens is 2. The summed E-state index contributed by atoms with van der Waals surface area (Å²) in [6.07, 6.45) is 3.10. The SMILES string of the molecule is CCCCc1nc(Cl)c(CNc2cccc(F)c2C)[nH]1.